The Morgan fingerprint density at radius 2 is 1.50 bits per heavy atom. The van der Waals surface area contributed by atoms with E-state index in [-0.39, 0.29) is 19.1 Å². The summed E-state index contributed by atoms with van der Waals surface area (Å²) in [7, 11) is 0. The molecule has 8 heteroatoms. The van der Waals surface area contributed by atoms with E-state index in [1.807, 2.05) is 20.8 Å². The molecule has 0 unspecified atom stereocenters. The van der Waals surface area contributed by atoms with E-state index in [2.05, 4.69) is 21.2 Å². The second-order valence-electron chi connectivity index (χ2n) is 6.06. The summed E-state index contributed by atoms with van der Waals surface area (Å²) in [5.41, 5.74) is 1.16. The molecular formula is C22H26BrNO6. The molecule has 2 aromatic carbocycles. The van der Waals surface area contributed by atoms with Crippen LogP contribution in [0, 0.1) is 0 Å². The van der Waals surface area contributed by atoms with Crippen molar-refractivity contribution in [3.05, 3.63) is 52.0 Å². The van der Waals surface area contributed by atoms with Gasteiger partial charge in [0.2, 0.25) is 0 Å². The quantitative estimate of drug-likeness (QED) is 0.488. The standard InChI is InChI=1S/C22H26BrNO6/c1-4-27-17-9-7-15(8-10-17)22(26)24-13-21(25)30-14-16-11-19(28-5-2)20(29-6-3)12-18(16)23/h7-12H,4-6,13-14H2,1-3H3,(H,24,26). The largest absolute Gasteiger partial charge is 0.494 e. The predicted octanol–water partition coefficient (Wildman–Crippen LogP) is 4.12. The summed E-state index contributed by atoms with van der Waals surface area (Å²) in [5.74, 6) is 0.964. The third-order valence-electron chi connectivity index (χ3n) is 3.92. The van der Waals surface area contributed by atoms with Gasteiger partial charge in [-0.1, -0.05) is 15.9 Å². The summed E-state index contributed by atoms with van der Waals surface area (Å²) in [6.07, 6.45) is 0. The summed E-state index contributed by atoms with van der Waals surface area (Å²) in [6, 6.07) is 10.2. The summed E-state index contributed by atoms with van der Waals surface area (Å²) in [5, 5.41) is 2.55. The number of esters is 1. The number of hydrogen-bond acceptors (Lipinski definition) is 6. The van der Waals surface area contributed by atoms with Gasteiger partial charge in [-0.2, -0.15) is 0 Å². The van der Waals surface area contributed by atoms with Crippen LogP contribution in [0.2, 0.25) is 0 Å². The van der Waals surface area contributed by atoms with Crippen LogP contribution in [0.15, 0.2) is 40.9 Å². The Balaban J connectivity index is 1.89. The molecule has 0 fully saturated rings. The maximum absolute atomic E-state index is 12.2. The van der Waals surface area contributed by atoms with Gasteiger partial charge in [-0.3, -0.25) is 9.59 Å². The highest BCUT2D eigenvalue weighted by molar-refractivity contribution is 9.10. The molecule has 0 aliphatic carbocycles. The third-order valence-corrected chi connectivity index (χ3v) is 4.66. The lowest BCUT2D eigenvalue weighted by Crippen LogP contribution is -2.30. The van der Waals surface area contributed by atoms with Crippen LogP contribution in [-0.4, -0.2) is 38.2 Å². The van der Waals surface area contributed by atoms with Crippen molar-refractivity contribution in [3.8, 4) is 17.2 Å². The van der Waals surface area contributed by atoms with Crippen LogP contribution < -0.4 is 19.5 Å². The Morgan fingerprint density at radius 3 is 2.10 bits per heavy atom. The second kappa shape index (κ2) is 12.1. The van der Waals surface area contributed by atoms with Crippen molar-refractivity contribution in [1.82, 2.24) is 5.32 Å². The zero-order valence-corrected chi connectivity index (χ0v) is 18.9. The summed E-state index contributed by atoms with van der Waals surface area (Å²) in [4.78, 5) is 24.2. The van der Waals surface area contributed by atoms with Crippen LogP contribution in [-0.2, 0) is 16.1 Å². The van der Waals surface area contributed by atoms with Crippen molar-refractivity contribution < 1.29 is 28.5 Å². The molecule has 30 heavy (non-hydrogen) atoms. The van der Waals surface area contributed by atoms with Gasteiger partial charge in [0.15, 0.2) is 11.5 Å². The van der Waals surface area contributed by atoms with Crippen molar-refractivity contribution in [2.45, 2.75) is 27.4 Å². The topological polar surface area (TPSA) is 83.1 Å². The minimum absolute atomic E-state index is 0.0326. The molecular weight excluding hydrogens is 454 g/mol. The molecule has 1 N–H and O–H groups in total. The highest BCUT2D eigenvalue weighted by Gasteiger charge is 2.14. The predicted molar refractivity (Wildman–Crippen MR) is 116 cm³/mol. The average molecular weight is 480 g/mol. The number of hydrogen-bond donors (Lipinski definition) is 1. The van der Waals surface area contributed by atoms with Gasteiger partial charge < -0.3 is 24.3 Å². The minimum Gasteiger partial charge on any atom is -0.494 e. The lowest BCUT2D eigenvalue weighted by atomic mass is 10.2. The lowest BCUT2D eigenvalue weighted by Gasteiger charge is -2.14. The number of halogens is 1. The molecule has 0 saturated carbocycles. The van der Waals surface area contributed by atoms with Gasteiger partial charge in [0.05, 0.1) is 19.8 Å². The molecule has 1 amide bonds. The molecule has 0 atom stereocenters. The first kappa shape index (κ1) is 23.5. The van der Waals surface area contributed by atoms with Crippen molar-refractivity contribution in [2.75, 3.05) is 26.4 Å². The molecule has 0 heterocycles. The zero-order valence-electron chi connectivity index (χ0n) is 17.3. The molecule has 0 aliphatic rings. The SMILES string of the molecule is CCOc1ccc(C(=O)NCC(=O)OCc2cc(OCC)c(OCC)cc2Br)cc1. The molecule has 0 saturated heterocycles. The fourth-order valence-electron chi connectivity index (χ4n) is 2.56. The minimum atomic E-state index is -0.548. The van der Waals surface area contributed by atoms with E-state index in [0.717, 1.165) is 10.0 Å². The van der Waals surface area contributed by atoms with Gasteiger partial charge in [-0.25, -0.2) is 0 Å². The van der Waals surface area contributed by atoms with E-state index in [9.17, 15) is 9.59 Å². The van der Waals surface area contributed by atoms with Crippen molar-refractivity contribution in [3.63, 3.8) is 0 Å². The Bertz CT molecular complexity index is 853. The monoisotopic (exact) mass is 479 g/mol. The zero-order chi connectivity index (χ0) is 21.9. The summed E-state index contributed by atoms with van der Waals surface area (Å²) < 4.78 is 22.5. The van der Waals surface area contributed by atoms with Crippen LogP contribution in [0.4, 0.5) is 0 Å². The molecule has 0 radical (unpaired) electrons. The van der Waals surface area contributed by atoms with Gasteiger partial charge in [-0.05, 0) is 57.2 Å². The summed E-state index contributed by atoms with van der Waals surface area (Å²) >= 11 is 3.46. The van der Waals surface area contributed by atoms with E-state index in [1.54, 1.807) is 36.4 Å². The number of rotatable bonds is 11. The Hall–Kier alpha value is -2.74. The van der Waals surface area contributed by atoms with E-state index >= 15 is 0 Å². The molecule has 0 aromatic heterocycles. The second-order valence-corrected chi connectivity index (χ2v) is 6.91. The van der Waals surface area contributed by atoms with Gasteiger partial charge in [0, 0.05) is 15.6 Å². The van der Waals surface area contributed by atoms with Gasteiger partial charge in [-0.15, -0.1) is 0 Å². The van der Waals surface area contributed by atoms with Gasteiger partial charge in [0.25, 0.3) is 5.91 Å². The molecule has 0 aliphatic heterocycles. The number of carbonyl (C=O) groups excluding carboxylic acids is 2. The first-order chi connectivity index (χ1) is 14.5. The van der Waals surface area contributed by atoms with E-state index < -0.39 is 5.97 Å². The smallest absolute Gasteiger partial charge is 0.325 e. The third kappa shape index (κ3) is 6.95. The Kier molecular flexibility index (Phi) is 9.47. The normalized spacial score (nSPS) is 10.3. The molecule has 7 nitrogen and oxygen atoms in total. The number of carbonyl (C=O) groups is 2. The lowest BCUT2D eigenvalue weighted by molar-refractivity contribution is -0.143. The number of amides is 1. The van der Waals surface area contributed by atoms with E-state index in [0.29, 0.717) is 42.6 Å². The molecule has 0 bridgehead atoms. The Morgan fingerprint density at radius 1 is 0.900 bits per heavy atom. The van der Waals surface area contributed by atoms with Crippen molar-refractivity contribution in [2.24, 2.45) is 0 Å². The van der Waals surface area contributed by atoms with Crippen LogP contribution in [0.3, 0.4) is 0 Å². The highest BCUT2D eigenvalue weighted by Crippen LogP contribution is 2.34. The van der Waals surface area contributed by atoms with Crippen LogP contribution in [0.5, 0.6) is 17.2 Å². The van der Waals surface area contributed by atoms with Gasteiger partial charge in [0.1, 0.15) is 18.9 Å². The number of ether oxygens (including phenoxy) is 4. The Labute approximate surface area is 184 Å². The maximum atomic E-state index is 12.2. The fourth-order valence-corrected chi connectivity index (χ4v) is 2.99. The van der Waals surface area contributed by atoms with Gasteiger partial charge >= 0.3 is 5.97 Å². The maximum Gasteiger partial charge on any atom is 0.325 e. The first-order valence-electron chi connectivity index (χ1n) is 9.73. The van der Waals surface area contributed by atoms with E-state index in [1.165, 1.54) is 0 Å². The summed E-state index contributed by atoms with van der Waals surface area (Å²) in [6.45, 7) is 6.99. The molecule has 2 aromatic rings. The molecule has 2 rings (SSSR count). The highest BCUT2D eigenvalue weighted by atomic mass is 79.9. The van der Waals surface area contributed by atoms with E-state index in [4.69, 9.17) is 18.9 Å². The molecule has 0 spiro atoms. The van der Waals surface area contributed by atoms with Crippen molar-refractivity contribution >= 4 is 27.8 Å². The molecule has 162 valence electrons. The first-order valence-corrected chi connectivity index (χ1v) is 10.5. The number of nitrogens with one attached hydrogen (secondary N) is 1. The van der Waals surface area contributed by atoms with Crippen LogP contribution in [0.25, 0.3) is 0 Å². The fraction of sp³-hybridized carbons (Fsp3) is 0.364. The van der Waals surface area contributed by atoms with Crippen LogP contribution >= 0.6 is 15.9 Å². The number of benzene rings is 2. The van der Waals surface area contributed by atoms with Crippen LogP contribution in [0.1, 0.15) is 36.7 Å². The van der Waals surface area contributed by atoms with Crippen molar-refractivity contribution in [1.29, 1.82) is 0 Å². The average Bonchev–Trinajstić information content (AvgIpc) is 2.74.